The molecule has 3 aromatic carbocycles. The van der Waals surface area contributed by atoms with E-state index in [9.17, 15) is 9.59 Å². The fourth-order valence-corrected chi connectivity index (χ4v) is 5.48. The van der Waals surface area contributed by atoms with Crippen LogP contribution in [0, 0.1) is 6.92 Å². The minimum absolute atomic E-state index is 0.148. The summed E-state index contributed by atoms with van der Waals surface area (Å²) in [5.74, 6) is 0.494. The van der Waals surface area contributed by atoms with Crippen LogP contribution < -0.4 is 10.9 Å². The number of nitrogens with zero attached hydrogens (tertiary/aromatic N) is 3. The van der Waals surface area contributed by atoms with Crippen LogP contribution in [0.2, 0.25) is 5.02 Å². The molecule has 7 heteroatoms. The van der Waals surface area contributed by atoms with Crippen LogP contribution >= 0.6 is 11.6 Å². The van der Waals surface area contributed by atoms with Gasteiger partial charge in [0, 0.05) is 17.6 Å². The molecule has 0 radical (unpaired) electrons. The van der Waals surface area contributed by atoms with Crippen LogP contribution in [0.15, 0.2) is 77.6 Å². The van der Waals surface area contributed by atoms with Crippen LogP contribution in [-0.4, -0.2) is 26.5 Å². The number of benzene rings is 3. The summed E-state index contributed by atoms with van der Waals surface area (Å²) >= 11 is 6.48. The molecular weight excluding hydrogens is 496 g/mol. The van der Waals surface area contributed by atoms with Gasteiger partial charge in [0.15, 0.2) is 0 Å². The van der Waals surface area contributed by atoms with Crippen molar-refractivity contribution in [3.8, 4) is 5.69 Å². The van der Waals surface area contributed by atoms with Gasteiger partial charge in [-0.05, 0) is 62.1 Å². The highest BCUT2D eigenvalue weighted by Crippen LogP contribution is 2.28. The van der Waals surface area contributed by atoms with E-state index in [-0.39, 0.29) is 17.6 Å². The molecule has 1 fully saturated rings. The van der Waals surface area contributed by atoms with Crippen molar-refractivity contribution in [3.05, 3.63) is 105 Å². The molecule has 0 saturated heterocycles. The number of hydrogen-bond donors (Lipinski definition) is 1. The summed E-state index contributed by atoms with van der Waals surface area (Å²) in [5.41, 5.74) is 2.86. The molecule has 38 heavy (non-hydrogen) atoms. The Balaban J connectivity index is 1.64. The minimum atomic E-state index is -0.505. The molecule has 0 spiro atoms. The Bertz CT molecular complexity index is 1500. The number of carbonyl (C=O) groups excluding carboxylic acids is 1. The average molecular weight is 529 g/mol. The third-order valence-corrected chi connectivity index (χ3v) is 7.92. The van der Waals surface area contributed by atoms with Crippen LogP contribution in [0.3, 0.4) is 0 Å². The number of aromatic nitrogens is 2. The first-order valence-corrected chi connectivity index (χ1v) is 13.7. The summed E-state index contributed by atoms with van der Waals surface area (Å²) in [6.45, 7) is 4.22. The standard InChI is InChI=1S/C31H33ClN4O2/c1-21-26(32)17-11-19-28(21)36-29(34-27-18-10-9-16-25(27)30(36)37)22(2)35(20-23-12-5-3-6-13-23)31(38)33-24-14-7-4-8-15-24/h3,5-6,9-13,16-19,22,24H,4,7-8,14-15,20H2,1-2H3,(H,33,38). The third-order valence-electron chi connectivity index (χ3n) is 7.51. The molecule has 0 aliphatic heterocycles. The van der Waals surface area contributed by atoms with Gasteiger partial charge in [0.2, 0.25) is 0 Å². The van der Waals surface area contributed by atoms with Gasteiger partial charge in [-0.2, -0.15) is 0 Å². The minimum Gasteiger partial charge on any atom is -0.335 e. The van der Waals surface area contributed by atoms with E-state index < -0.39 is 6.04 Å². The van der Waals surface area contributed by atoms with Crippen molar-refractivity contribution in [2.24, 2.45) is 0 Å². The maximum atomic E-state index is 13.9. The Kier molecular flexibility index (Phi) is 7.79. The Hall–Kier alpha value is -3.64. The van der Waals surface area contributed by atoms with Gasteiger partial charge in [-0.3, -0.25) is 9.36 Å². The first kappa shape index (κ1) is 26.0. The highest BCUT2D eigenvalue weighted by atomic mass is 35.5. The number of nitrogens with one attached hydrogen (secondary N) is 1. The van der Waals surface area contributed by atoms with Gasteiger partial charge in [0.25, 0.3) is 5.56 Å². The summed E-state index contributed by atoms with van der Waals surface area (Å²) in [6.07, 6.45) is 5.43. The first-order valence-electron chi connectivity index (χ1n) is 13.3. The third kappa shape index (κ3) is 5.32. The van der Waals surface area contributed by atoms with Crippen LogP contribution in [0.25, 0.3) is 16.6 Å². The summed E-state index contributed by atoms with van der Waals surface area (Å²) < 4.78 is 1.63. The number of fused-ring (bicyclic) bond motifs is 1. The average Bonchev–Trinajstić information content (AvgIpc) is 2.94. The Morgan fingerprint density at radius 2 is 1.74 bits per heavy atom. The first-order chi connectivity index (χ1) is 18.4. The normalized spacial score (nSPS) is 14.8. The van der Waals surface area contributed by atoms with Crippen LogP contribution in [0.1, 0.15) is 62.0 Å². The molecule has 2 amide bonds. The quantitative estimate of drug-likeness (QED) is 0.294. The smallest absolute Gasteiger partial charge is 0.318 e. The van der Waals surface area contributed by atoms with Gasteiger partial charge in [-0.25, -0.2) is 9.78 Å². The largest absolute Gasteiger partial charge is 0.335 e. The van der Waals surface area contributed by atoms with Crippen molar-refractivity contribution < 1.29 is 4.79 Å². The molecular formula is C31H33ClN4O2. The maximum absolute atomic E-state index is 13.9. The molecule has 5 rings (SSSR count). The molecule has 0 bridgehead atoms. The van der Waals surface area contributed by atoms with Gasteiger partial charge in [0.1, 0.15) is 5.82 Å². The van der Waals surface area contributed by atoms with E-state index in [4.69, 9.17) is 16.6 Å². The zero-order chi connectivity index (χ0) is 26.6. The van der Waals surface area contributed by atoms with E-state index in [1.165, 1.54) is 6.42 Å². The fraction of sp³-hybridized carbons (Fsp3) is 0.323. The van der Waals surface area contributed by atoms with E-state index >= 15 is 0 Å². The SMILES string of the molecule is Cc1c(Cl)cccc1-n1c(C(C)N(Cc2ccccc2)C(=O)NC2CCCCC2)nc2ccccc2c1=O. The second-order valence-electron chi connectivity index (χ2n) is 10.1. The number of halogens is 1. The number of para-hydroxylation sites is 1. The van der Waals surface area contributed by atoms with Crippen molar-refractivity contribution in [1.82, 2.24) is 19.8 Å². The van der Waals surface area contributed by atoms with Crippen molar-refractivity contribution in [2.75, 3.05) is 0 Å². The Labute approximate surface area is 228 Å². The number of carbonyl (C=O) groups is 1. The molecule has 1 aliphatic rings. The van der Waals surface area contributed by atoms with Crippen molar-refractivity contribution in [2.45, 2.75) is 64.6 Å². The lowest BCUT2D eigenvalue weighted by Crippen LogP contribution is -2.47. The number of urea groups is 1. The van der Waals surface area contributed by atoms with Crippen LogP contribution in [0.4, 0.5) is 4.79 Å². The molecule has 1 saturated carbocycles. The van der Waals surface area contributed by atoms with Gasteiger partial charge >= 0.3 is 6.03 Å². The summed E-state index contributed by atoms with van der Waals surface area (Å²) in [7, 11) is 0. The predicted octanol–water partition coefficient (Wildman–Crippen LogP) is 6.95. The zero-order valence-electron chi connectivity index (χ0n) is 21.9. The number of hydrogen-bond acceptors (Lipinski definition) is 3. The van der Waals surface area contributed by atoms with E-state index in [0.29, 0.717) is 34.0 Å². The zero-order valence-corrected chi connectivity index (χ0v) is 22.6. The molecule has 1 heterocycles. The predicted molar refractivity (Wildman–Crippen MR) is 153 cm³/mol. The van der Waals surface area contributed by atoms with Gasteiger partial charge in [0.05, 0.1) is 22.6 Å². The number of amides is 2. The molecule has 1 atom stereocenters. The van der Waals surface area contributed by atoms with Crippen molar-refractivity contribution in [3.63, 3.8) is 0 Å². The van der Waals surface area contributed by atoms with Crippen LogP contribution in [0.5, 0.6) is 0 Å². The lowest BCUT2D eigenvalue weighted by atomic mass is 9.96. The lowest BCUT2D eigenvalue weighted by Gasteiger charge is -2.33. The molecule has 1 aliphatic carbocycles. The Morgan fingerprint density at radius 1 is 1.03 bits per heavy atom. The maximum Gasteiger partial charge on any atom is 0.318 e. The topological polar surface area (TPSA) is 67.2 Å². The highest BCUT2D eigenvalue weighted by molar-refractivity contribution is 6.31. The molecule has 6 nitrogen and oxygen atoms in total. The highest BCUT2D eigenvalue weighted by Gasteiger charge is 2.29. The Morgan fingerprint density at radius 3 is 2.50 bits per heavy atom. The summed E-state index contributed by atoms with van der Waals surface area (Å²) in [4.78, 5) is 34.5. The van der Waals surface area contributed by atoms with Gasteiger partial charge in [-0.15, -0.1) is 0 Å². The van der Waals surface area contributed by atoms with E-state index in [1.807, 2.05) is 80.6 Å². The summed E-state index contributed by atoms with van der Waals surface area (Å²) in [6, 6.07) is 22.3. The van der Waals surface area contributed by atoms with Gasteiger partial charge in [-0.1, -0.05) is 79.4 Å². The molecule has 196 valence electrons. The lowest BCUT2D eigenvalue weighted by molar-refractivity contribution is 0.165. The van der Waals surface area contributed by atoms with Crippen LogP contribution in [-0.2, 0) is 6.54 Å². The molecule has 1 aromatic heterocycles. The van der Waals surface area contributed by atoms with Crippen molar-refractivity contribution >= 4 is 28.5 Å². The van der Waals surface area contributed by atoms with Gasteiger partial charge < -0.3 is 10.2 Å². The van der Waals surface area contributed by atoms with E-state index in [1.54, 1.807) is 15.5 Å². The second-order valence-corrected chi connectivity index (χ2v) is 10.5. The van der Waals surface area contributed by atoms with Crippen molar-refractivity contribution in [1.29, 1.82) is 0 Å². The molecule has 1 N–H and O–H groups in total. The fourth-order valence-electron chi connectivity index (χ4n) is 5.31. The molecule has 4 aromatic rings. The second kappa shape index (κ2) is 11.4. The monoisotopic (exact) mass is 528 g/mol. The number of rotatable bonds is 6. The van der Waals surface area contributed by atoms with E-state index in [0.717, 1.165) is 36.8 Å². The van der Waals surface area contributed by atoms with E-state index in [2.05, 4.69) is 5.32 Å². The molecule has 1 unspecified atom stereocenters. The summed E-state index contributed by atoms with van der Waals surface area (Å²) in [5, 5.41) is 4.36.